The minimum absolute atomic E-state index is 0.408. The monoisotopic (exact) mass is 231 g/mol. The van der Waals surface area contributed by atoms with Gasteiger partial charge in [-0.3, -0.25) is 4.68 Å². The molecule has 0 aliphatic rings. The zero-order chi connectivity index (χ0) is 12.3. The lowest BCUT2D eigenvalue weighted by Crippen LogP contribution is -2.02. The summed E-state index contributed by atoms with van der Waals surface area (Å²) >= 11 is 0. The van der Waals surface area contributed by atoms with E-state index in [9.17, 15) is 0 Å². The van der Waals surface area contributed by atoms with Gasteiger partial charge in [0.05, 0.1) is 11.4 Å². The van der Waals surface area contributed by atoms with Gasteiger partial charge in [-0.1, -0.05) is 13.8 Å². The van der Waals surface area contributed by atoms with E-state index < -0.39 is 0 Å². The number of aromatic nitrogens is 4. The first-order valence-corrected chi connectivity index (χ1v) is 5.68. The molecule has 0 radical (unpaired) electrons. The SMILES string of the molecule is CC(C)c1nn(C)cc1NCc1cncnc1. The summed E-state index contributed by atoms with van der Waals surface area (Å²) in [4.78, 5) is 7.98. The van der Waals surface area contributed by atoms with Gasteiger partial charge in [0, 0.05) is 37.7 Å². The van der Waals surface area contributed by atoms with Crippen LogP contribution in [0.5, 0.6) is 0 Å². The number of hydrogen-bond donors (Lipinski definition) is 1. The van der Waals surface area contributed by atoms with Crippen molar-refractivity contribution >= 4 is 5.69 Å². The predicted octanol–water partition coefficient (Wildman–Crippen LogP) is 1.95. The van der Waals surface area contributed by atoms with Crippen LogP contribution in [0.1, 0.15) is 31.0 Å². The highest BCUT2D eigenvalue weighted by atomic mass is 15.3. The number of hydrogen-bond acceptors (Lipinski definition) is 4. The molecule has 0 bridgehead atoms. The Balaban J connectivity index is 2.09. The van der Waals surface area contributed by atoms with Crippen molar-refractivity contribution in [3.05, 3.63) is 36.2 Å². The second-order valence-electron chi connectivity index (χ2n) is 4.36. The summed E-state index contributed by atoms with van der Waals surface area (Å²) in [6, 6.07) is 0. The zero-order valence-corrected chi connectivity index (χ0v) is 10.4. The molecule has 17 heavy (non-hydrogen) atoms. The van der Waals surface area contributed by atoms with Crippen LogP contribution in [0.4, 0.5) is 5.69 Å². The first-order chi connectivity index (χ1) is 8.16. The smallest absolute Gasteiger partial charge is 0.115 e. The Morgan fingerprint density at radius 3 is 2.65 bits per heavy atom. The van der Waals surface area contributed by atoms with Gasteiger partial charge >= 0.3 is 0 Å². The third kappa shape index (κ3) is 2.81. The maximum Gasteiger partial charge on any atom is 0.115 e. The Morgan fingerprint density at radius 2 is 2.00 bits per heavy atom. The molecule has 0 aliphatic heterocycles. The minimum Gasteiger partial charge on any atom is -0.378 e. The lowest BCUT2D eigenvalue weighted by molar-refractivity contribution is 0.713. The van der Waals surface area contributed by atoms with E-state index >= 15 is 0 Å². The van der Waals surface area contributed by atoms with Gasteiger partial charge in [-0.2, -0.15) is 5.10 Å². The van der Waals surface area contributed by atoms with Gasteiger partial charge in [0.2, 0.25) is 0 Å². The van der Waals surface area contributed by atoms with Crippen molar-refractivity contribution in [2.45, 2.75) is 26.3 Å². The molecule has 2 heterocycles. The fourth-order valence-electron chi connectivity index (χ4n) is 1.69. The standard InChI is InChI=1S/C12H17N5/c1-9(2)12-11(7-17(3)16-12)15-6-10-4-13-8-14-5-10/h4-5,7-9,15H,6H2,1-3H3. The predicted molar refractivity (Wildman–Crippen MR) is 66.7 cm³/mol. The molecule has 2 aromatic heterocycles. The molecule has 2 rings (SSSR count). The summed E-state index contributed by atoms with van der Waals surface area (Å²) in [5.41, 5.74) is 3.22. The van der Waals surface area contributed by atoms with E-state index in [1.54, 1.807) is 0 Å². The van der Waals surface area contributed by atoms with Crippen molar-refractivity contribution in [2.75, 3.05) is 5.32 Å². The lowest BCUT2D eigenvalue weighted by Gasteiger charge is -2.07. The van der Waals surface area contributed by atoms with Gasteiger partial charge in [0.25, 0.3) is 0 Å². The molecule has 0 atom stereocenters. The molecule has 0 spiro atoms. The Kier molecular flexibility index (Phi) is 3.37. The van der Waals surface area contributed by atoms with Gasteiger partial charge in [-0.15, -0.1) is 0 Å². The maximum atomic E-state index is 4.45. The Labute approximate surface area is 101 Å². The van der Waals surface area contributed by atoms with Crippen molar-refractivity contribution in [3.63, 3.8) is 0 Å². The first kappa shape index (κ1) is 11.6. The molecular formula is C12H17N5. The van der Waals surface area contributed by atoms with Crippen LogP contribution in [0, 0.1) is 0 Å². The molecule has 2 aromatic rings. The molecule has 1 N–H and O–H groups in total. The third-order valence-corrected chi connectivity index (χ3v) is 2.50. The lowest BCUT2D eigenvalue weighted by atomic mass is 10.1. The highest BCUT2D eigenvalue weighted by Crippen LogP contribution is 2.22. The van der Waals surface area contributed by atoms with Crippen LogP contribution in [0.25, 0.3) is 0 Å². The highest BCUT2D eigenvalue weighted by molar-refractivity contribution is 5.48. The van der Waals surface area contributed by atoms with Crippen LogP contribution in [0.2, 0.25) is 0 Å². The number of aryl methyl sites for hydroxylation is 1. The van der Waals surface area contributed by atoms with E-state index in [-0.39, 0.29) is 0 Å². The molecule has 0 amide bonds. The number of rotatable bonds is 4. The molecule has 0 saturated heterocycles. The molecule has 0 aromatic carbocycles. The second kappa shape index (κ2) is 4.95. The normalized spacial score (nSPS) is 10.8. The van der Waals surface area contributed by atoms with E-state index in [4.69, 9.17) is 0 Å². The summed E-state index contributed by atoms with van der Waals surface area (Å²) in [5, 5.41) is 7.81. The number of nitrogens with zero attached hydrogens (tertiary/aromatic N) is 4. The third-order valence-electron chi connectivity index (χ3n) is 2.50. The summed E-state index contributed by atoms with van der Waals surface area (Å²) in [6.07, 6.45) is 7.16. The van der Waals surface area contributed by atoms with Gasteiger partial charge in [-0.05, 0) is 5.92 Å². The quantitative estimate of drug-likeness (QED) is 0.873. The Morgan fingerprint density at radius 1 is 1.29 bits per heavy atom. The topological polar surface area (TPSA) is 55.6 Å². The first-order valence-electron chi connectivity index (χ1n) is 5.68. The summed E-state index contributed by atoms with van der Waals surface area (Å²) in [6.45, 7) is 4.99. The average Bonchev–Trinajstić information content (AvgIpc) is 2.69. The van der Waals surface area contributed by atoms with Gasteiger partial charge in [0.1, 0.15) is 6.33 Å². The molecule has 0 unspecified atom stereocenters. The van der Waals surface area contributed by atoms with Crippen molar-refractivity contribution in [1.29, 1.82) is 0 Å². The molecule has 0 aliphatic carbocycles. The van der Waals surface area contributed by atoms with Crippen LogP contribution >= 0.6 is 0 Å². The fraction of sp³-hybridized carbons (Fsp3) is 0.417. The van der Waals surface area contributed by atoms with Gasteiger partial charge in [-0.25, -0.2) is 9.97 Å². The largest absolute Gasteiger partial charge is 0.378 e. The van der Waals surface area contributed by atoms with E-state index in [2.05, 4.69) is 34.2 Å². The molecule has 5 nitrogen and oxygen atoms in total. The highest BCUT2D eigenvalue weighted by Gasteiger charge is 2.10. The van der Waals surface area contributed by atoms with Crippen molar-refractivity contribution in [1.82, 2.24) is 19.7 Å². The summed E-state index contributed by atoms with van der Waals surface area (Å²) < 4.78 is 1.83. The molecule has 90 valence electrons. The average molecular weight is 231 g/mol. The number of nitrogens with one attached hydrogen (secondary N) is 1. The van der Waals surface area contributed by atoms with Gasteiger partial charge in [0.15, 0.2) is 0 Å². The summed E-state index contributed by atoms with van der Waals surface area (Å²) in [7, 11) is 1.93. The van der Waals surface area contributed by atoms with E-state index in [0.717, 1.165) is 16.9 Å². The number of anilines is 1. The fourth-order valence-corrected chi connectivity index (χ4v) is 1.69. The second-order valence-corrected chi connectivity index (χ2v) is 4.36. The Bertz CT molecular complexity index is 475. The molecule has 5 heteroatoms. The van der Waals surface area contributed by atoms with E-state index in [1.807, 2.05) is 30.3 Å². The van der Waals surface area contributed by atoms with Crippen molar-refractivity contribution in [3.8, 4) is 0 Å². The van der Waals surface area contributed by atoms with E-state index in [1.165, 1.54) is 6.33 Å². The molecule has 0 fully saturated rings. The van der Waals surface area contributed by atoms with Gasteiger partial charge < -0.3 is 5.32 Å². The molecular weight excluding hydrogens is 214 g/mol. The molecule has 0 saturated carbocycles. The zero-order valence-electron chi connectivity index (χ0n) is 10.4. The Hall–Kier alpha value is -1.91. The van der Waals surface area contributed by atoms with Crippen LogP contribution < -0.4 is 5.32 Å². The minimum atomic E-state index is 0.408. The van der Waals surface area contributed by atoms with Crippen LogP contribution in [0.3, 0.4) is 0 Å². The van der Waals surface area contributed by atoms with Crippen LogP contribution in [-0.2, 0) is 13.6 Å². The van der Waals surface area contributed by atoms with Crippen molar-refractivity contribution in [2.24, 2.45) is 7.05 Å². The summed E-state index contributed by atoms with van der Waals surface area (Å²) in [5.74, 6) is 0.408. The maximum absolute atomic E-state index is 4.45. The van der Waals surface area contributed by atoms with Crippen LogP contribution in [0.15, 0.2) is 24.9 Å². The van der Waals surface area contributed by atoms with Crippen molar-refractivity contribution < 1.29 is 0 Å². The van der Waals surface area contributed by atoms with E-state index in [0.29, 0.717) is 12.5 Å². The van der Waals surface area contributed by atoms with Crippen LogP contribution in [-0.4, -0.2) is 19.7 Å².